The molecule has 1 N–H and O–H groups in total. The molecule has 7 heteroatoms. The Hall–Kier alpha value is -1.60. The number of hydrogen-bond donors (Lipinski definition) is 1. The third-order valence-corrected chi connectivity index (χ3v) is 4.50. The van der Waals surface area contributed by atoms with Gasteiger partial charge in [-0.25, -0.2) is 0 Å². The van der Waals surface area contributed by atoms with Crippen LogP contribution in [0.5, 0.6) is 5.75 Å². The minimum absolute atomic E-state index is 0.173. The highest BCUT2D eigenvalue weighted by Crippen LogP contribution is 2.31. The fourth-order valence-electron chi connectivity index (χ4n) is 3.14. The zero-order valence-electron chi connectivity index (χ0n) is 14.8. The Morgan fingerprint density at radius 2 is 1.81 bits per heavy atom. The van der Waals surface area contributed by atoms with Crippen LogP contribution < -0.4 is 10.1 Å². The lowest BCUT2D eigenvalue weighted by Gasteiger charge is -2.35. The molecule has 0 spiro atoms. The van der Waals surface area contributed by atoms with Crippen LogP contribution in [-0.4, -0.2) is 43.6 Å². The topological polar surface area (TPSA) is 24.5 Å². The third kappa shape index (κ3) is 5.99. The maximum atomic E-state index is 13.0. The SMILES string of the molecule is C=CCCCC[C@@H](c1ccc(OC(F)(F)C(F)F)cc1)N1CCNCC1. The standard InChI is InChI=1S/C19H26F4N2O/c1-2-3-4-5-6-17(25-13-11-24-12-14-25)15-7-9-16(10-8-15)26-19(22,23)18(20)21/h2,7-10,17-18,24H,1,3-6,11-14H2/t17-/m0/s1. The molecular weight excluding hydrogens is 348 g/mol. The number of allylic oxidation sites excluding steroid dienone is 1. The van der Waals surface area contributed by atoms with Crippen LogP contribution in [0.4, 0.5) is 17.6 Å². The molecule has 1 heterocycles. The molecule has 2 rings (SSSR count). The number of benzene rings is 1. The fourth-order valence-corrected chi connectivity index (χ4v) is 3.14. The van der Waals surface area contributed by atoms with Crippen molar-refractivity contribution in [2.24, 2.45) is 0 Å². The molecular formula is C19H26F4N2O. The quantitative estimate of drug-likeness (QED) is 0.368. The van der Waals surface area contributed by atoms with Crippen LogP contribution in [-0.2, 0) is 0 Å². The van der Waals surface area contributed by atoms with Crippen molar-refractivity contribution in [2.45, 2.75) is 44.3 Å². The van der Waals surface area contributed by atoms with Crippen LogP contribution in [0, 0.1) is 0 Å². The number of nitrogens with one attached hydrogen (secondary N) is 1. The Balaban J connectivity index is 2.07. The summed E-state index contributed by atoms with van der Waals surface area (Å²) in [5.74, 6) is -0.259. The van der Waals surface area contributed by atoms with E-state index in [0.29, 0.717) is 0 Å². The van der Waals surface area contributed by atoms with Crippen LogP contribution in [0.15, 0.2) is 36.9 Å². The molecule has 146 valence electrons. The summed E-state index contributed by atoms with van der Waals surface area (Å²) in [7, 11) is 0. The van der Waals surface area contributed by atoms with Gasteiger partial charge in [-0.2, -0.15) is 17.6 Å². The van der Waals surface area contributed by atoms with Crippen molar-refractivity contribution in [1.82, 2.24) is 10.2 Å². The van der Waals surface area contributed by atoms with Crippen molar-refractivity contribution in [3.05, 3.63) is 42.5 Å². The molecule has 0 unspecified atom stereocenters. The van der Waals surface area contributed by atoms with Crippen molar-refractivity contribution in [1.29, 1.82) is 0 Å². The number of unbranched alkanes of at least 4 members (excludes halogenated alkanes) is 2. The van der Waals surface area contributed by atoms with Gasteiger partial charge in [-0.1, -0.05) is 24.6 Å². The highest BCUT2D eigenvalue weighted by molar-refractivity contribution is 5.29. The minimum Gasteiger partial charge on any atom is -0.428 e. The largest absolute Gasteiger partial charge is 0.461 e. The van der Waals surface area contributed by atoms with Gasteiger partial charge in [-0.3, -0.25) is 4.90 Å². The molecule has 1 aromatic carbocycles. The normalized spacial score (nSPS) is 17.3. The molecule has 0 amide bonds. The average Bonchev–Trinajstić information content (AvgIpc) is 2.63. The number of halogens is 4. The molecule has 1 aliphatic heterocycles. The molecule has 0 radical (unpaired) electrons. The first kappa shape index (κ1) is 20.7. The van der Waals surface area contributed by atoms with Crippen molar-refractivity contribution in [2.75, 3.05) is 26.2 Å². The second kappa shape index (κ2) is 9.92. The van der Waals surface area contributed by atoms with Gasteiger partial charge >= 0.3 is 12.5 Å². The first-order chi connectivity index (χ1) is 12.4. The van der Waals surface area contributed by atoms with Gasteiger partial charge < -0.3 is 10.1 Å². The molecule has 1 aliphatic rings. The minimum atomic E-state index is -4.48. The summed E-state index contributed by atoms with van der Waals surface area (Å²) in [6.45, 7) is 7.37. The van der Waals surface area contributed by atoms with E-state index < -0.39 is 12.5 Å². The summed E-state index contributed by atoms with van der Waals surface area (Å²) in [6.07, 6.45) is -2.46. The van der Waals surface area contributed by atoms with E-state index in [1.54, 1.807) is 12.1 Å². The first-order valence-electron chi connectivity index (χ1n) is 8.94. The fraction of sp³-hybridized carbons (Fsp3) is 0.579. The zero-order valence-corrected chi connectivity index (χ0v) is 14.8. The third-order valence-electron chi connectivity index (χ3n) is 4.50. The summed E-state index contributed by atoms with van der Waals surface area (Å²) < 4.78 is 54.7. The molecule has 0 saturated carbocycles. The van der Waals surface area contributed by atoms with Gasteiger partial charge in [-0.15, -0.1) is 6.58 Å². The van der Waals surface area contributed by atoms with E-state index in [9.17, 15) is 17.6 Å². The first-order valence-corrected chi connectivity index (χ1v) is 8.94. The van der Waals surface area contributed by atoms with Gasteiger partial charge in [-0.05, 0) is 37.0 Å². The second-order valence-corrected chi connectivity index (χ2v) is 6.41. The lowest BCUT2D eigenvalue weighted by Crippen LogP contribution is -2.45. The molecule has 1 atom stereocenters. The Morgan fingerprint density at radius 1 is 1.15 bits per heavy atom. The molecule has 1 saturated heterocycles. The second-order valence-electron chi connectivity index (χ2n) is 6.41. The van der Waals surface area contributed by atoms with Crippen molar-refractivity contribution < 1.29 is 22.3 Å². The maximum absolute atomic E-state index is 13.0. The Labute approximate surface area is 152 Å². The lowest BCUT2D eigenvalue weighted by molar-refractivity contribution is -0.253. The summed E-state index contributed by atoms with van der Waals surface area (Å²) in [5, 5.41) is 3.31. The Kier molecular flexibility index (Phi) is 7.90. The number of ether oxygens (including phenoxy) is 1. The smallest absolute Gasteiger partial charge is 0.428 e. The van der Waals surface area contributed by atoms with Crippen molar-refractivity contribution >= 4 is 0 Å². The Morgan fingerprint density at radius 3 is 2.38 bits per heavy atom. The molecule has 0 bridgehead atoms. The predicted molar refractivity (Wildman–Crippen MR) is 93.9 cm³/mol. The van der Waals surface area contributed by atoms with Crippen LogP contribution in [0.3, 0.4) is 0 Å². The number of rotatable bonds is 10. The van der Waals surface area contributed by atoms with Crippen LogP contribution in [0.2, 0.25) is 0 Å². The van der Waals surface area contributed by atoms with Crippen molar-refractivity contribution in [3.8, 4) is 5.75 Å². The van der Waals surface area contributed by atoms with Gasteiger partial charge in [0.25, 0.3) is 0 Å². The van der Waals surface area contributed by atoms with Gasteiger partial charge in [0.15, 0.2) is 0 Å². The van der Waals surface area contributed by atoms with E-state index in [1.165, 1.54) is 12.1 Å². The van der Waals surface area contributed by atoms with E-state index in [4.69, 9.17) is 0 Å². The van der Waals surface area contributed by atoms with E-state index in [2.05, 4.69) is 21.5 Å². The molecule has 1 fully saturated rings. The zero-order chi connectivity index (χ0) is 19.0. The number of hydrogen-bond acceptors (Lipinski definition) is 3. The van der Waals surface area contributed by atoms with Gasteiger partial charge in [0, 0.05) is 32.2 Å². The predicted octanol–water partition coefficient (Wildman–Crippen LogP) is 4.62. The van der Waals surface area contributed by atoms with E-state index >= 15 is 0 Å². The van der Waals surface area contributed by atoms with E-state index in [-0.39, 0.29) is 11.8 Å². The van der Waals surface area contributed by atoms with Crippen LogP contribution >= 0.6 is 0 Å². The summed E-state index contributed by atoms with van der Waals surface area (Å²) in [6, 6.07) is 6.23. The lowest BCUT2D eigenvalue weighted by atomic mass is 9.98. The Bertz CT molecular complexity index is 545. The molecule has 0 aliphatic carbocycles. The highest BCUT2D eigenvalue weighted by atomic mass is 19.3. The highest BCUT2D eigenvalue weighted by Gasteiger charge is 2.43. The summed E-state index contributed by atoms with van der Waals surface area (Å²) >= 11 is 0. The van der Waals surface area contributed by atoms with Gasteiger partial charge in [0.2, 0.25) is 0 Å². The molecule has 0 aromatic heterocycles. The summed E-state index contributed by atoms with van der Waals surface area (Å²) in [5.41, 5.74) is 0.984. The van der Waals surface area contributed by atoms with Crippen LogP contribution in [0.25, 0.3) is 0 Å². The van der Waals surface area contributed by atoms with Gasteiger partial charge in [0.05, 0.1) is 0 Å². The van der Waals surface area contributed by atoms with Crippen molar-refractivity contribution in [3.63, 3.8) is 0 Å². The molecule has 1 aromatic rings. The van der Waals surface area contributed by atoms with Crippen LogP contribution in [0.1, 0.15) is 37.3 Å². The van der Waals surface area contributed by atoms with E-state index in [0.717, 1.165) is 57.4 Å². The monoisotopic (exact) mass is 374 g/mol. The number of alkyl halides is 4. The number of nitrogens with zero attached hydrogens (tertiary/aromatic N) is 1. The molecule has 3 nitrogen and oxygen atoms in total. The average molecular weight is 374 g/mol. The number of piperazine rings is 1. The van der Waals surface area contributed by atoms with Gasteiger partial charge in [0.1, 0.15) is 5.75 Å². The maximum Gasteiger partial charge on any atom is 0.461 e. The summed E-state index contributed by atoms with van der Waals surface area (Å²) in [4.78, 5) is 2.37. The molecule has 26 heavy (non-hydrogen) atoms. The van der Waals surface area contributed by atoms with E-state index in [1.807, 2.05) is 6.08 Å².